The highest BCUT2D eigenvalue weighted by molar-refractivity contribution is 5.22. The maximum absolute atomic E-state index is 13.5. The van der Waals surface area contributed by atoms with Gasteiger partial charge in [-0.2, -0.15) is 5.26 Å². The zero-order valence-corrected chi connectivity index (χ0v) is 17.8. The van der Waals surface area contributed by atoms with E-state index in [4.69, 9.17) is 5.26 Å². The lowest BCUT2D eigenvalue weighted by atomic mass is 9.77. The van der Waals surface area contributed by atoms with E-state index >= 15 is 0 Å². The molecule has 3 heteroatoms. The summed E-state index contributed by atoms with van der Waals surface area (Å²) in [4.78, 5) is 0. The second-order valence-electron chi connectivity index (χ2n) is 8.94. The summed E-state index contributed by atoms with van der Waals surface area (Å²) in [6.07, 6.45) is 24.3. The molecule has 2 aliphatic rings. The minimum atomic E-state index is -0.755. The van der Waals surface area contributed by atoms with Gasteiger partial charge < -0.3 is 0 Å². The average Bonchev–Trinajstić information content (AvgIpc) is 2.78. The molecular formula is C27H33F2N. The average molecular weight is 410 g/mol. The van der Waals surface area contributed by atoms with E-state index in [0.717, 1.165) is 49.5 Å². The van der Waals surface area contributed by atoms with Crippen molar-refractivity contribution in [2.24, 2.45) is 17.8 Å². The number of halogens is 2. The van der Waals surface area contributed by atoms with Gasteiger partial charge in [0.15, 0.2) is 11.6 Å². The van der Waals surface area contributed by atoms with Crippen LogP contribution >= 0.6 is 0 Å². The van der Waals surface area contributed by atoms with Crippen molar-refractivity contribution in [1.29, 1.82) is 5.26 Å². The quantitative estimate of drug-likeness (QED) is 0.254. The number of allylic oxidation sites excluding steroid dienone is 6. The van der Waals surface area contributed by atoms with Crippen molar-refractivity contribution >= 4 is 0 Å². The summed E-state index contributed by atoms with van der Waals surface area (Å²) < 4.78 is 26.6. The van der Waals surface area contributed by atoms with Crippen LogP contribution in [0, 0.1) is 40.7 Å². The van der Waals surface area contributed by atoms with Gasteiger partial charge in [0.05, 0.1) is 6.07 Å². The molecule has 0 saturated heterocycles. The maximum atomic E-state index is 13.5. The van der Waals surface area contributed by atoms with Gasteiger partial charge in [-0.15, -0.1) is 0 Å². The topological polar surface area (TPSA) is 23.8 Å². The molecule has 0 spiro atoms. The van der Waals surface area contributed by atoms with Crippen molar-refractivity contribution in [2.45, 2.75) is 70.1 Å². The predicted octanol–water partition coefficient (Wildman–Crippen LogP) is 8.02. The Morgan fingerprint density at radius 2 is 1.53 bits per heavy atom. The van der Waals surface area contributed by atoms with Crippen LogP contribution in [-0.4, -0.2) is 0 Å². The highest BCUT2D eigenvalue weighted by Gasteiger charge is 2.23. The summed E-state index contributed by atoms with van der Waals surface area (Å²) in [6.45, 7) is 0. The molecule has 0 radical (unpaired) electrons. The third-order valence-electron chi connectivity index (χ3n) is 6.89. The van der Waals surface area contributed by atoms with Crippen molar-refractivity contribution in [2.75, 3.05) is 0 Å². The summed E-state index contributed by atoms with van der Waals surface area (Å²) >= 11 is 0. The number of nitriles is 1. The van der Waals surface area contributed by atoms with Crippen LogP contribution in [0.3, 0.4) is 0 Å². The van der Waals surface area contributed by atoms with Crippen molar-refractivity contribution in [3.05, 3.63) is 71.9 Å². The minimum absolute atomic E-state index is 0.365. The molecule has 0 bridgehead atoms. The third-order valence-corrected chi connectivity index (χ3v) is 6.89. The van der Waals surface area contributed by atoms with E-state index in [2.05, 4.69) is 18.2 Å². The van der Waals surface area contributed by atoms with Crippen LogP contribution in [0.25, 0.3) is 0 Å². The number of nitrogens with zero attached hydrogens (tertiary/aromatic N) is 1. The first-order chi connectivity index (χ1) is 14.7. The normalized spacial score (nSPS) is 27.8. The molecule has 2 saturated carbocycles. The second kappa shape index (κ2) is 11.8. The first-order valence-corrected chi connectivity index (χ1v) is 11.5. The smallest absolute Gasteiger partial charge is 0.159 e. The Kier molecular flexibility index (Phi) is 8.87. The lowest BCUT2D eigenvalue weighted by molar-refractivity contribution is 0.295. The highest BCUT2D eigenvalue weighted by Crippen LogP contribution is 2.38. The standard InChI is InChI=1S/C27H33F2N/c28-26-18-17-25(20-27(26)29)24-15-13-23(14-16-24)12-11-22-9-7-21(8-10-22)6-4-2-1-3-5-19-30/h1-3,5,11-12,17-18,20-24H,4,6-10,13-16H2/t21-,22-,23-,24-. The lowest BCUT2D eigenvalue weighted by Crippen LogP contribution is -2.14. The van der Waals surface area contributed by atoms with Crippen molar-refractivity contribution in [1.82, 2.24) is 0 Å². The summed E-state index contributed by atoms with van der Waals surface area (Å²) in [7, 11) is 0. The Morgan fingerprint density at radius 1 is 0.867 bits per heavy atom. The molecular weight excluding hydrogens is 376 g/mol. The molecule has 0 aliphatic heterocycles. The van der Waals surface area contributed by atoms with Crippen molar-refractivity contribution in [3.8, 4) is 6.07 Å². The Labute approximate surface area is 180 Å². The molecule has 0 unspecified atom stereocenters. The van der Waals surface area contributed by atoms with E-state index in [1.807, 2.05) is 12.1 Å². The van der Waals surface area contributed by atoms with Gasteiger partial charge in [-0.3, -0.25) is 0 Å². The molecule has 0 heterocycles. The second-order valence-corrected chi connectivity index (χ2v) is 8.94. The van der Waals surface area contributed by atoms with Gasteiger partial charge in [-0.25, -0.2) is 8.78 Å². The monoisotopic (exact) mass is 409 g/mol. The summed E-state index contributed by atoms with van der Waals surface area (Å²) in [5, 5.41) is 8.45. The molecule has 2 fully saturated rings. The van der Waals surface area contributed by atoms with Crippen LogP contribution in [0.5, 0.6) is 0 Å². The first kappa shape index (κ1) is 22.5. The van der Waals surface area contributed by atoms with Gasteiger partial charge in [0.1, 0.15) is 0 Å². The molecule has 0 aromatic heterocycles. The van der Waals surface area contributed by atoms with E-state index in [9.17, 15) is 8.78 Å². The SMILES string of the molecule is N#CC=CC=CCC[C@H]1CC[C@H](C=C[C@H]2CC[C@H](c3ccc(F)c(F)c3)CC2)CC1. The van der Waals surface area contributed by atoms with Gasteiger partial charge in [0.25, 0.3) is 0 Å². The van der Waals surface area contributed by atoms with Gasteiger partial charge >= 0.3 is 0 Å². The zero-order chi connectivity index (χ0) is 21.2. The van der Waals surface area contributed by atoms with E-state index in [1.54, 1.807) is 12.1 Å². The van der Waals surface area contributed by atoms with E-state index < -0.39 is 11.6 Å². The van der Waals surface area contributed by atoms with Gasteiger partial charge in [-0.1, -0.05) is 36.4 Å². The molecule has 0 atom stereocenters. The highest BCUT2D eigenvalue weighted by atomic mass is 19.2. The molecule has 0 amide bonds. The Balaban J connectivity index is 1.34. The third kappa shape index (κ3) is 6.94. The molecule has 3 rings (SSSR count). The number of benzene rings is 1. The first-order valence-electron chi connectivity index (χ1n) is 11.5. The van der Waals surface area contributed by atoms with E-state index in [0.29, 0.717) is 11.8 Å². The van der Waals surface area contributed by atoms with Crippen LogP contribution in [-0.2, 0) is 0 Å². The van der Waals surface area contributed by atoms with Gasteiger partial charge in [0, 0.05) is 6.08 Å². The minimum Gasteiger partial charge on any atom is -0.204 e. The van der Waals surface area contributed by atoms with E-state index in [-0.39, 0.29) is 0 Å². The molecule has 30 heavy (non-hydrogen) atoms. The summed E-state index contributed by atoms with van der Waals surface area (Å²) in [6, 6.07) is 6.39. The van der Waals surface area contributed by atoms with Crippen LogP contribution in [0.4, 0.5) is 8.78 Å². The van der Waals surface area contributed by atoms with Gasteiger partial charge in [0.2, 0.25) is 0 Å². The molecule has 1 aromatic rings. The largest absolute Gasteiger partial charge is 0.204 e. The predicted molar refractivity (Wildman–Crippen MR) is 119 cm³/mol. The summed E-state index contributed by atoms with van der Waals surface area (Å²) in [5.41, 5.74) is 0.950. The molecule has 1 nitrogen and oxygen atoms in total. The fourth-order valence-electron chi connectivity index (χ4n) is 5.00. The fourth-order valence-corrected chi connectivity index (χ4v) is 5.00. The maximum Gasteiger partial charge on any atom is 0.159 e. The van der Waals surface area contributed by atoms with Crippen LogP contribution in [0.15, 0.2) is 54.7 Å². The van der Waals surface area contributed by atoms with Crippen LogP contribution < -0.4 is 0 Å². The van der Waals surface area contributed by atoms with Crippen molar-refractivity contribution < 1.29 is 8.78 Å². The van der Waals surface area contributed by atoms with Gasteiger partial charge in [-0.05, 0) is 106 Å². The molecule has 1 aromatic carbocycles. The summed E-state index contributed by atoms with van der Waals surface area (Å²) in [5.74, 6) is 1.08. The van der Waals surface area contributed by atoms with Crippen molar-refractivity contribution in [3.63, 3.8) is 0 Å². The number of hydrogen-bond donors (Lipinski definition) is 0. The fraction of sp³-hybridized carbons (Fsp3) is 0.519. The molecule has 0 N–H and O–H groups in total. The Hall–Kier alpha value is -2.21. The molecule has 2 aliphatic carbocycles. The Bertz CT molecular complexity index is 786. The Morgan fingerprint density at radius 3 is 2.17 bits per heavy atom. The number of rotatable bonds is 7. The molecule has 160 valence electrons. The lowest BCUT2D eigenvalue weighted by Gasteiger charge is -2.29. The zero-order valence-electron chi connectivity index (χ0n) is 17.8. The van der Waals surface area contributed by atoms with Crippen LogP contribution in [0.1, 0.15) is 75.7 Å². The number of hydrogen-bond acceptors (Lipinski definition) is 1. The van der Waals surface area contributed by atoms with E-state index in [1.165, 1.54) is 50.3 Å². The van der Waals surface area contributed by atoms with Crippen LogP contribution in [0.2, 0.25) is 0 Å².